The lowest BCUT2D eigenvalue weighted by molar-refractivity contribution is -0.146. The summed E-state index contributed by atoms with van der Waals surface area (Å²) in [5.41, 5.74) is 1.41. The van der Waals surface area contributed by atoms with Gasteiger partial charge in [0.05, 0.1) is 6.10 Å². The fraction of sp³-hybridized carbons (Fsp3) is 0.842. The number of hydrogen-bond acceptors (Lipinski definition) is 2. The monoisotopic (exact) mass is 290 g/mol. The minimum absolute atomic E-state index is 0.00228. The Balaban J connectivity index is 2.02. The summed E-state index contributed by atoms with van der Waals surface area (Å²) in [6.07, 6.45) is 6.72. The highest BCUT2D eigenvalue weighted by Crippen LogP contribution is 2.65. The summed E-state index contributed by atoms with van der Waals surface area (Å²) in [5.74, 6) is 1.15. The Morgan fingerprint density at radius 1 is 1.24 bits per heavy atom. The van der Waals surface area contributed by atoms with Crippen molar-refractivity contribution in [3.8, 4) is 0 Å². The van der Waals surface area contributed by atoms with E-state index in [9.17, 15) is 9.90 Å². The molecule has 3 aliphatic carbocycles. The third-order valence-corrected chi connectivity index (χ3v) is 7.13. The maximum absolute atomic E-state index is 12.5. The van der Waals surface area contributed by atoms with Crippen LogP contribution < -0.4 is 0 Å². The zero-order valence-corrected chi connectivity index (χ0v) is 14.2. The largest absolute Gasteiger partial charge is 0.393 e. The molecule has 2 saturated carbocycles. The summed E-state index contributed by atoms with van der Waals surface area (Å²) in [6, 6.07) is 0. The molecule has 21 heavy (non-hydrogen) atoms. The van der Waals surface area contributed by atoms with E-state index in [1.54, 1.807) is 0 Å². The van der Waals surface area contributed by atoms with E-state index in [1.165, 1.54) is 5.57 Å². The van der Waals surface area contributed by atoms with Gasteiger partial charge in [0.1, 0.15) is 0 Å². The van der Waals surface area contributed by atoms with Crippen LogP contribution in [-0.4, -0.2) is 17.0 Å². The number of hydrogen-bond donors (Lipinski definition) is 1. The topological polar surface area (TPSA) is 37.3 Å². The van der Waals surface area contributed by atoms with E-state index in [0.29, 0.717) is 17.6 Å². The number of carbonyl (C=O) groups is 1. The van der Waals surface area contributed by atoms with Gasteiger partial charge in [-0.2, -0.15) is 0 Å². The number of aliphatic hydroxyl groups is 1. The van der Waals surface area contributed by atoms with Crippen LogP contribution >= 0.6 is 0 Å². The quantitative estimate of drug-likeness (QED) is 0.788. The molecule has 0 saturated heterocycles. The first-order chi connectivity index (χ1) is 9.64. The predicted octanol–water partition coefficient (Wildman–Crippen LogP) is 4.13. The Hall–Kier alpha value is -0.630. The fourth-order valence-electron chi connectivity index (χ4n) is 5.78. The Morgan fingerprint density at radius 3 is 2.52 bits per heavy atom. The highest BCUT2D eigenvalue weighted by atomic mass is 16.3. The lowest BCUT2D eigenvalue weighted by Crippen LogP contribution is -2.55. The van der Waals surface area contributed by atoms with Crippen molar-refractivity contribution in [3.05, 3.63) is 11.6 Å². The standard InChI is InChI=1S/C19H30O2/c1-6-12-9-15(21)19(5)8-7-18(4)11-17(2,3)14(20)10-13(18)16(12)19/h9,13-14,16,20H,6-8,10-11H2,1-5H3. The molecule has 0 bridgehead atoms. The zero-order chi connectivity index (χ0) is 15.6. The average Bonchev–Trinajstić information content (AvgIpc) is 2.64. The van der Waals surface area contributed by atoms with Gasteiger partial charge >= 0.3 is 0 Å². The van der Waals surface area contributed by atoms with Crippen LogP contribution in [0.15, 0.2) is 11.6 Å². The maximum atomic E-state index is 12.5. The lowest BCUT2D eigenvalue weighted by Gasteiger charge is -2.59. The van der Waals surface area contributed by atoms with Crippen LogP contribution in [0.25, 0.3) is 0 Å². The molecule has 0 aromatic rings. The lowest BCUT2D eigenvalue weighted by atomic mass is 9.45. The molecule has 0 amide bonds. The first-order valence-electron chi connectivity index (χ1n) is 8.57. The SMILES string of the molecule is CCC1=CC(=O)C2(C)CCC3(C)CC(C)(C)C(O)CC3C12. The number of aliphatic hydroxyl groups excluding tert-OH is 1. The van der Waals surface area contributed by atoms with Gasteiger partial charge in [0.2, 0.25) is 0 Å². The van der Waals surface area contributed by atoms with E-state index in [-0.39, 0.29) is 22.3 Å². The molecule has 0 heterocycles. The summed E-state index contributed by atoms with van der Waals surface area (Å²) >= 11 is 0. The summed E-state index contributed by atoms with van der Waals surface area (Å²) in [6.45, 7) is 11.1. The molecule has 0 radical (unpaired) electrons. The van der Waals surface area contributed by atoms with Gasteiger partial charge in [-0.3, -0.25) is 4.79 Å². The van der Waals surface area contributed by atoms with Crippen LogP contribution in [0.1, 0.15) is 66.7 Å². The molecule has 2 heteroatoms. The smallest absolute Gasteiger partial charge is 0.162 e. The Morgan fingerprint density at radius 2 is 1.90 bits per heavy atom. The van der Waals surface area contributed by atoms with E-state index >= 15 is 0 Å². The second-order valence-electron chi connectivity index (χ2n) is 9.01. The summed E-state index contributed by atoms with van der Waals surface area (Å²) < 4.78 is 0. The maximum Gasteiger partial charge on any atom is 0.162 e. The van der Waals surface area contributed by atoms with E-state index in [4.69, 9.17) is 0 Å². The van der Waals surface area contributed by atoms with Crippen LogP contribution in [0.5, 0.6) is 0 Å². The van der Waals surface area contributed by atoms with Gasteiger partial charge in [0, 0.05) is 5.41 Å². The second-order valence-corrected chi connectivity index (χ2v) is 9.01. The van der Waals surface area contributed by atoms with Crippen molar-refractivity contribution in [2.45, 2.75) is 72.8 Å². The molecule has 5 atom stereocenters. The van der Waals surface area contributed by atoms with Gasteiger partial charge in [-0.1, -0.05) is 40.2 Å². The van der Waals surface area contributed by atoms with Gasteiger partial charge in [0.15, 0.2) is 5.78 Å². The van der Waals surface area contributed by atoms with Gasteiger partial charge in [0.25, 0.3) is 0 Å². The minimum Gasteiger partial charge on any atom is -0.393 e. The number of allylic oxidation sites excluding steroid dienone is 2. The Kier molecular flexibility index (Phi) is 3.23. The predicted molar refractivity (Wildman–Crippen MR) is 84.8 cm³/mol. The summed E-state index contributed by atoms with van der Waals surface area (Å²) in [4.78, 5) is 12.5. The van der Waals surface area contributed by atoms with E-state index in [0.717, 1.165) is 32.1 Å². The molecule has 2 fully saturated rings. The molecule has 0 spiro atoms. The molecule has 118 valence electrons. The van der Waals surface area contributed by atoms with Crippen LogP contribution in [0.3, 0.4) is 0 Å². The minimum atomic E-state index is -0.244. The van der Waals surface area contributed by atoms with E-state index < -0.39 is 0 Å². The van der Waals surface area contributed by atoms with Gasteiger partial charge in [-0.15, -0.1) is 0 Å². The summed E-state index contributed by atoms with van der Waals surface area (Å²) in [7, 11) is 0. The van der Waals surface area contributed by atoms with Crippen LogP contribution in [-0.2, 0) is 4.79 Å². The van der Waals surface area contributed by atoms with Crippen molar-refractivity contribution in [1.82, 2.24) is 0 Å². The molecular formula is C19H30O2. The highest BCUT2D eigenvalue weighted by molar-refractivity contribution is 5.98. The average molecular weight is 290 g/mol. The van der Waals surface area contributed by atoms with Crippen molar-refractivity contribution < 1.29 is 9.90 Å². The van der Waals surface area contributed by atoms with Crippen molar-refractivity contribution in [2.24, 2.45) is 28.1 Å². The number of rotatable bonds is 1. The third-order valence-electron chi connectivity index (χ3n) is 7.13. The van der Waals surface area contributed by atoms with Crippen molar-refractivity contribution in [1.29, 1.82) is 0 Å². The normalized spacial score (nSPS) is 48.6. The number of ketones is 1. The van der Waals surface area contributed by atoms with Crippen molar-refractivity contribution in [3.63, 3.8) is 0 Å². The molecule has 0 aromatic heterocycles. The molecule has 1 N–H and O–H groups in total. The zero-order valence-electron chi connectivity index (χ0n) is 14.2. The first-order valence-corrected chi connectivity index (χ1v) is 8.57. The van der Waals surface area contributed by atoms with E-state index in [1.807, 2.05) is 6.08 Å². The molecular weight excluding hydrogens is 260 g/mol. The summed E-state index contributed by atoms with van der Waals surface area (Å²) in [5, 5.41) is 10.6. The van der Waals surface area contributed by atoms with Crippen LogP contribution in [0.2, 0.25) is 0 Å². The highest BCUT2D eigenvalue weighted by Gasteiger charge is 2.61. The van der Waals surface area contributed by atoms with Gasteiger partial charge in [-0.05, 0) is 60.8 Å². The van der Waals surface area contributed by atoms with Gasteiger partial charge in [-0.25, -0.2) is 0 Å². The van der Waals surface area contributed by atoms with Crippen molar-refractivity contribution in [2.75, 3.05) is 0 Å². The fourth-order valence-corrected chi connectivity index (χ4v) is 5.78. The number of fused-ring (bicyclic) bond motifs is 3. The Bertz CT molecular complexity index is 504. The first kappa shape index (κ1) is 15.3. The second kappa shape index (κ2) is 4.44. The van der Waals surface area contributed by atoms with E-state index in [2.05, 4.69) is 34.6 Å². The van der Waals surface area contributed by atoms with Crippen molar-refractivity contribution >= 4 is 5.78 Å². The number of carbonyl (C=O) groups excluding carboxylic acids is 1. The molecule has 3 aliphatic rings. The Labute approximate surface area is 129 Å². The van der Waals surface area contributed by atoms with Crippen LogP contribution in [0.4, 0.5) is 0 Å². The third kappa shape index (κ3) is 1.98. The van der Waals surface area contributed by atoms with Crippen LogP contribution in [0, 0.1) is 28.1 Å². The molecule has 0 aliphatic heterocycles. The molecule has 0 aromatic carbocycles. The molecule has 2 nitrogen and oxygen atoms in total. The molecule has 5 unspecified atom stereocenters. The van der Waals surface area contributed by atoms with Gasteiger partial charge < -0.3 is 5.11 Å². The molecule has 3 rings (SSSR count).